The normalized spacial score (nSPS) is 13.0. The average molecular weight is 354 g/mol. The Bertz CT molecular complexity index is 682. The molecule has 0 saturated carbocycles. The number of rotatable bonds is 3. The van der Waals surface area contributed by atoms with Gasteiger partial charge in [-0.15, -0.1) is 0 Å². The molecule has 0 N–H and O–H groups in total. The molecule has 2 aromatic rings. The van der Waals surface area contributed by atoms with Crippen molar-refractivity contribution >= 4 is 21.9 Å². The van der Waals surface area contributed by atoms with E-state index in [1.54, 1.807) is 19.1 Å². The van der Waals surface area contributed by atoms with Gasteiger partial charge in [-0.25, -0.2) is 4.79 Å². The fraction of sp³-hybridized carbons (Fsp3) is 0.286. The lowest BCUT2D eigenvalue weighted by Crippen LogP contribution is -2.15. The standard InChI is InChI=1S/C14H12BrNO5/c1-8-4-13(21-16-8)14(17)20-7-9-5-11-12(6-10(9)15)19-3-2-18-11/h4-6H,2-3,7H2,1H3. The zero-order valence-electron chi connectivity index (χ0n) is 11.2. The van der Waals surface area contributed by atoms with Crippen LogP contribution in [0.3, 0.4) is 0 Å². The molecule has 0 amide bonds. The molecule has 6 nitrogen and oxygen atoms in total. The second kappa shape index (κ2) is 5.77. The second-order valence-electron chi connectivity index (χ2n) is 4.50. The van der Waals surface area contributed by atoms with E-state index in [-0.39, 0.29) is 12.4 Å². The fourth-order valence-electron chi connectivity index (χ4n) is 1.89. The van der Waals surface area contributed by atoms with Gasteiger partial charge in [0.1, 0.15) is 19.8 Å². The molecule has 7 heteroatoms. The lowest BCUT2D eigenvalue weighted by molar-refractivity contribution is 0.0424. The molecule has 0 saturated heterocycles. The summed E-state index contributed by atoms with van der Waals surface area (Å²) in [6.07, 6.45) is 0. The Balaban J connectivity index is 1.71. The van der Waals surface area contributed by atoms with Gasteiger partial charge in [-0.05, 0) is 19.1 Å². The van der Waals surface area contributed by atoms with Crippen LogP contribution in [0.2, 0.25) is 0 Å². The zero-order valence-corrected chi connectivity index (χ0v) is 12.8. The molecule has 3 rings (SSSR count). The predicted molar refractivity (Wildman–Crippen MR) is 75.5 cm³/mol. The summed E-state index contributed by atoms with van der Waals surface area (Å²) < 4.78 is 21.8. The molecule has 1 aliphatic heterocycles. The van der Waals surface area contributed by atoms with E-state index in [1.807, 2.05) is 0 Å². The Morgan fingerprint density at radius 2 is 2.00 bits per heavy atom. The highest BCUT2D eigenvalue weighted by Crippen LogP contribution is 2.35. The fourth-order valence-corrected chi connectivity index (χ4v) is 2.33. The summed E-state index contributed by atoms with van der Waals surface area (Å²) >= 11 is 3.42. The van der Waals surface area contributed by atoms with Crippen molar-refractivity contribution in [2.45, 2.75) is 13.5 Å². The molecule has 2 heterocycles. The number of hydrogen-bond acceptors (Lipinski definition) is 6. The predicted octanol–water partition coefficient (Wildman–Crippen LogP) is 2.87. The highest BCUT2D eigenvalue weighted by molar-refractivity contribution is 9.10. The number of halogens is 1. The quantitative estimate of drug-likeness (QED) is 0.790. The van der Waals surface area contributed by atoms with Gasteiger partial charge >= 0.3 is 5.97 Å². The summed E-state index contributed by atoms with van der Waals surface area (Å²) in [6, 6.07) is 5.12. The zero-order chi connectivity index (χ0) is 14.8. The number of fused-ring (bicyclic) bond motifs is 1. The van der Waals surface area contributed by atoms with Gasteiger partial charge in [0.25, 0.3) is 0 Å². The van der Waals surface area contributed by atoms with Crippen molar-refractivity contribution in [2.75, 3.05) is 13.2 Å². The number of aromatic nitrogens is 1. The molecule has 0 radical (unpaired) electrons. The van der Waals surface area contributed by atoms with Crippen molar-refractivity contribution < 1.29 is 23.5 Å². The molecule has 0 atom stereocenters. The molecule has 21 heavy (non-hydrogen) atoms. The second-order valence-corrected chi connectivity index (χ2v) is 5.35. The maximum Gasteiger partial charge on any atom is 0.377 e. The molecule has 0 spiro atoms. The van der Waals surface area contributed by atoms with E-state index < -0.39 is 5.97 Å². The number of benzene rings is 1. The number of hydrogen-bond donors (Lipinski definition) is 0. The van der Waals surface area contributed by atoms with Crippen molar-refractivity contribution in [3.8, 4) is 11.5 Å². The van der Waals surface area contributed by atoms with Gasteiger partial charge in [0.15, 0.2) is 11.5 Å². The topological polar surface area (TPSA) is 70.8 Å². The van der Waals surface area contributed by atoms with Crippen LogP contribution in [0.15, 0.2) is 27.2 Å². The first-order chi connectivity index (χ1) is 10.1. The van der Waals surface area contributed by atoms with E-state index in [9.17, 15) is 4.79 Å². The smallest absolute Gasteiger partial charge is 0.377 e. The number of carbonyl (C=O) groups is 1. The molecule has 0 fully saturated rings. The summed E-state index contributed by atoms with van der Waals surface area (Å²) in [7, 11) is 0. The Kier molecular flexibility index (Phi) is 3.83. The molecule has 0 bridgehead atoms. The summed E-state index contributed by atoms with van der Waals surface area (Å²) in [5.74, 6) is 0.846. The van der Waals surface area contributed by atoms with E-state index >= 15 is 0 Å². The van der Waals surface area contributed by atoms with Gasteiger partial charge in [0.05, 0.1) is 5.69 Å². The van der Waals surface area contributed by atoms with Crippen molar-refractivity contribution in [1.29, 1.82) is 0 Å². The van der Waals surface area contributed by atoms with E-state index in [2.05, 4.69) is 21.1 Å². The number of ether oxygens (including phenoxy) is 3. The van der Waals surface area contributed by atoms with Gasteiger partial charge in [0, 0.05) is 16.1 Å². The third-order valence-electron chi connectivity index (χ3n) is 2.90. The van der Waals surface area contributed by atoms with Crippen molar-refractivity contribution in [1.82, 2.24) is 5.16 Å². The van der Waals surface area contributed by atoms with Gasteiger partial charge in [0.2, 0.25) is 5.76 Å². The number of esters is 1. The number of carbonyl (C=O) groups excluding carboxylic acids is 1. The molecule has 1 aromatic carbocycles. The minimum absolute atomic E-state index is 0.0844. The average Bonchev–Trinajstić information content (AvgIpc) is 2.91. The van der Waals surface area contributed by atoms with Crippen LogP contribution >= 0.6 is 15.9 Å². The van der Waals surface area contributed by atoms with Crippen molar-refractivity contribution in [3.05, 3.63) is 39.7 Å². The highest BCUT2D eigenvalue weighted by Gasteiger charge is 2.17. The van der Waals surface area contributed by atoms with E-state index in [0.717, 1.165) is 10.0 Å². The Hall–Kier alpha value is -2.02. The largest absolute Gasteiger partial charge is 0.486 e. The molecule has 1 aromatic heterocycles. The first-order valence-electron chi connectivity index (χ1n) is 6.32. The summed E-state index contributed by atoms with van der Waals surface area (Å²) in [4.78, 5) is 11.8. The highest BCUT2D eigenvalue weighted by atomic mass is 79.9. The van der Waals surface area contributed by atoms with Gasteiger partial charge in [-0.3, -0.25) is 0 Å². The maximum atomic E-state index is 11.8. The van der Waals surface area contributed by atoms with Crippen molar-refractivity contribution in [2.24, 2.45) is 0 Å². The van der Waals surface area contributed by atoms with Gasteiger partial charge < -0.3 is 18.7 Å². The van der Waals surface area contributed by atoms with Crippen LogP contribution in [0, 0.1) is 6.92 Å². The maximum absolute atomic E-state index is 11.8. The lowest BCUT2D eigenvalue weighted by Gasteiger charge is -2.19. The monoisotopic (exact) mass is 353 g/mol. The van der Waals surface area contributed by atoms with E-state index in [4.69, 9.17) is 18.7 Å². The summed E-state index contributed by atoms with van der Waals surface area (Å²) in [5, 5.41) is 3.65. The number of nitrogens with zero attached hydrogens (tertiary/aromatic N) is 1. The SMILES string of the molecule is Cc1cc(C(=O)OCc2cc3c(cc2Br)OCCO3)on1. The molecule has 0 unspecified atom stereocenters. The summed E-state index contributed by atoms with van der Waals surface area (Å²) in [6.45, 7) is 2.86. The molecule has 110 valence electrons. The van der Waals surface area contributed by atoms with Crippen LogP contribution < -0.4 is 9.47 Å². The summed E-state index contributed by atoms with van der Waals surface area (Å²) in [5.41, 5.74) is 1.41. The van der Waals surface area contributed by atoms with Crippen LogP contribution in [0.5, 0.6) is 11.5 Å². The Morgan fingerprint density at radius 1 is 1.29 bits per heavy atom. The minimum Gasteiger partial charge on any atom is -0.486 e. The van der Waals surface area contributed by atoms with Crippen LogP contribution in [0.4, 0.5) is 0 Å². The van der Waals surface area contributed by atoms with Crippen LogP contribution in [-0.4, -0.2) is 24.3 Å². The van der Waals surface area contributed by atoms with Crippen LogP contribution in [-0.2, 0) is 11.3 Å². The van der Waals surface area contributed by atoms with Crippen LogP contribution in [0.25, 0.3) is 0 Å². The van der Waals surface area contributed by atoms with Gasteiger partial charge in [-0.1, -0.05) is 21.1 Å². The first-order valence-corrected chi connectivity index (χ1v) is 7.11. The number of aryl methyl sites for hydroxylation is 1. The van der Waals surface area contributed by atoms with Gasteiger partial charge in [-0.2, -0.15) is 0 Å². The third-order valence-corrected chi connectivity index (χ3v) is 3.64. The molecular weight excluding hydrogens is 342 g/mol. The van der Waals surface area contributed by atoms with E-state index in [0.29, 0.717) is 30.4 Å². The van der Waals surface area contributed by atoms with Crippen LogP contribution in [0.1, 0.15) is 21.8 Å². The van der Waals surface area contributed by atoms with E-state index in [1.165, 1.54) is 6.07 Å². The third kappa shape index (κ3) is 3.02. The Labute approximate surface area is 129 Å². The Morgan fingerprint density at radius 3 is 2.67 bits per heavy atom. The lowest BCUT2D eigenvalue weighted by atomic mass is 10.2. The minimum atomic E-state index is -0.558. The molecular formula is C14H12BrNO5. The molecule has 1 aliphatic rings. The van der Waals surface area contributed by atoms with Crippen molar-refractivity contribution in [3.63, 3.8) is 0 Å². The molecule has 0 aliphatic carbocycles. The first kappa shape index (κ1) is 13.9.